The van der Waals surface area contributed by atoms with Crippen LogP contribution in [0.5, 0.6) is 0 Å². The van der Waals surface area contributed by atoms with Crippen LogP contribution in [0.4, 0.5) is 0 Å². The molecule has 4 nitrogen and oxygen atoms in total. The molecule has 1 N–H and O–H groups in total. The van der Waals surface area contributed by atoms with E-state index in [2.05, 4.69) is 13.8 Å². The molecule has 0 spiro atoms. The number of hydrogen-bond donors (Lipinski definition) is 1. The second-order valence-electron chi connectivity index (χ2n) is 5.20. The molecule has 1 aliphatic heterocycles. The number of carboxylic acids is 1. The Kier molecular flexibility index (Phi) is 6.16. The number of nitrogens with zero attached hydrogens (tertiary/aromatic N) is 1. The SMILES string of the molecule is CCCCC(CC)CC(=O)N1CCC[C@H]1C(=O)O. The summed E-state index contributed by atoms with van der Waals surface area (Å²) in [5, 5.41) is 9.07. The lowest BCUT2D eigenvalue weighted by atomic mass is 9.95. The largest absolute Gasteiger partial charge is 0.480 e. The Morgan fingerprint density at radius 1 is 1.39 bits per heavy atom. The quantitative estimate of drug-likeness (QED) is 0.761. The zero-order chi connectivity index (χ0) is 13.5. The molecule has 104 valence electrons. The fraction of sp³-hybridized carbons (Fsp3) is 0.857. The van der Waals surface area contributed by atoms with Gasteiger partial charge in [-0.15, -0.1) is 0 Å². The number of carbonyl (C=O) groups is 2. The van der Waals surface area contributed by atoms with Crippen molar-refractivity contribution in [2.75, 3.05) is 6.54 Å². The third-order valence-corrected chi connectivity index (χ3v) is 3.86. The fourth-order valence-corrected chi connectivity index (χ4v) is 2.63. The summed E-state index contributed by atoms with van der Waals surface area (Å²) in [6.45, 7) is 4.86. The van der Waals surface area contributed by atoms with E-state index in [1.54, 1.807) is 4.90 Å². The third-order valence-electron chi connectivity index (χ3n) is 3.86. The van der Waals surface area contributed by atoms with Crippen LogP contribution in [0.25, 0.3) is 0 Å². The normalized spacial score (nSPS) is 21.0. The molecular formula is C14H25NO3. The highest BCUT2D eigenvalue weighted by Gasteiger charge is 2.34. The van der Waals surface area contributed by atoms with Crippen molar-refractivity contribution >= 4 is 11.9 Å². The van der Waals surface area contributed by atoms with E-state index in [1.165, 1.54) is 0 Å². The minimum atomic E-state index is -0.859. The Morgan fingerprint density at radius 2 is 2.11 bits per heavy atom. The summed E-state index contributed by atoms with van der Waals surface area (Å²) in [4.78, 5) is 24.8. The Morgan fingerprint density at radius 3 is 2.67 bits per heavy atom. The molecule has 1 heterocycles. The van der Waals surface area contributed by atoms with Crippen LogP contribution in [0.1, 0.15) is 58.8 Å². The fourth-order valence-electron chi connectivity index (χ4n) is 2.63. The zero-order valence-electron chi connectivity index (χ0n) is 11.5. The smallest absolute Gasteiger partial charge is 0.326 e. The average Bonchev–Trinajstić information content (AvgIpc) is 2.83. The van der Waals surface area contributed by atoms with E-state index in [1.807, 2.05) is 0 Å². The van der Waals surface area contributed by atoms with E-state index in [9.17, 15) is 9.59 Å². The van der Waals surface area contributed by atoms with Crippen LogP contribution in [-0.2, 0) is 9.59 Å². The molecule has 0 aromatic rings. The average molecular weight is 255 g/mol. The number of carboxylic acid groups (broad SMARTS) is 1. The highest BCUT2D eigenvalue weighted by atomic mass is 16.4. The van der Waals surface area contributed by atoms with Gasteiger partial charge in [-0.2, -0.15) is 0 Å². The van der Waals surface area contributed by atoms with Gasteiger partial charge in [0.25, 0.3) is 0 Å². The highest BCUT2D eigenvalue weighted by Crippen LogP contribution is 2.23. The van der Waals surface area contributed by atoms with Crippen LogP contribution in [0, 0.1) is 5.92 Å². The van der Waals surface area contributed by atoms with Crippen molar-refractivity contribution in [1.82, 2.24) is 4.90 Å². The van der Waals surface area contributed by atoms with E-state index >= 15 is 0 Å². The van der Waals surface area contributed by atoms with Gasteiger partial charge >= 0.3 is 5.97 Å². The third kappa shape index (κ3) is 4.00. The first-order valence-electron chi connectivity index (χ1n) is 7.12. The van der Waals surface area contributed by atoms with Crippen LogP contribution >= 0.6 is 0 Å². The van der Waals surface area contributed by atoms with Crippen LogP contribution in [0.15, 0.2) is 0 Å². The number of hydrogen-bond acceptors (Lipinski definition) is 2. The van der Waals surface area contributed by atoms with Crippen molar-refractivity contribution < 1.29 is 14.7 Å². The summed E-state index contributed by atoms with van der Waals surface area (Å²) >= 11 is 0. The van der Waals surface area contributed by atoms with Gasteiger partial charge in [-0.3, -0.25) is 4.79 Å². The molecule has 1 unspecified atom stereocenters. The number of unbranched alkanes of at least 4 members (excludes halogenated alkanes) is 1. The zero-order valence-corrected chi connectivity index (χ0v) is 11.5. The summed E-state index contributed by atoms with van der Waals surface area (Å²) in [6.07, 6.45) is 6.30. The molecule has 1 amide bonds. The molecule has 18 heavy (non-hydrogen) atoms. The second-order valence-corrected chi connectivity index (χ2v) is 5.20. The highest BCUT2D eigenvalue weighted by molar-refractivity contribution is 5.84. The second kappa shape index (κ2) is 7.39. The van der Waals surface area contributed by atoms with E-state index in [0.717, 1.165) is 32.1 Å². The standard InChI is InChI=1S/C14H25NO3/c1-3-5-7-11(4-2)10-13(16)15-9-6-8-12(15)14(17)18/h11-12H,3-10H2,1-2H3,(H,17,18)/t11?,12-/m0/s1. The summed E-state index contributed by atoms with van der Waals surface area (Å²) in [5.41, 5.74) is 0. The van der Waals surface area contributed by atoms with Gasteiger partial charge in [0.05, 0.1) is 0 Å². The summed E-state index contributed by atoms with van der Waals surface area (Å²) in [6, 6.07) is -0.582. The molecule has 1 rings (SSSR count). The van der Waals surface area contributed by atoms with Crippen molar-refractivity contribution in [3.63, 3.8) is 0 Å². The molecule has 4 heteroatoms. The number of likely N-dealkylation sites (tertiary alicyclic amines) is 1. The Balaban J connectivity index is 2.50. The molecule has 2 atom stereocenters. The lowest BCUT2D eigenvalue weighted by Crippen LogP contribution is -2.41. The van der Waals surface area contributed by atoms with Gasteiger partial charge in [-0.1, -0.05) is 33.1 Å². The topological polar surface area (TPSA) is 57.6 Å². The maximum atomic E-state index is 12.2. The molecule has 0 saturated carbocycles. The first-order valence-corrected chi connectivity index (χ1v) is 7.12. The molecule has 0 bridgehead atoms. The Hall–Kier alpha value is -1.06. The number of aliphatic carboxylic acids is 1. The summed E-state index contributed by atoms with van der Waals surface area (Å²) in [7, 11) is 0. The van der Waals surface area contributed by atoms with Crippen LogP contribution in [0.3, 0.4) is 0 Å². The molecule has 1 aliphatic rings. The van der Waals surface area contributed by atoms with Crippen LogP contribution in [-0.4, -0.2) is 34.5 Å². The molecule has 0 radical (unpaired) electrons. The lowest BCUT2D eigenvalue weighted by molar-refractivity contribution is -0.148. The number of amides is 1. The minimum Gasteiger partial charge on any atom is -0.480 e. The summed E-state index contributed by atoms with van der Waals surface area (Å²) < 4.78 is 0. The predicted octanol–water partition coefficient (Wildman–Crippen LogP) is 2.67. The summed E-state index contributed by atoms with van der Waals surface area (Å²) in [5.74, 6) is -0.419. The molecule has 0 aromatic carbocycles. The van der Waals surface area contributed by atoms with Gasteiger partial charge < -0.3 is 10.0 Å². The predicted molar refractivity (Wildman–Crippen MR) is 70.3 cm³/mol. The van der Waals surface area contributed by atoms with E-state index in [0.29, 0.717) is 25.3 Å². The van der Waals surface area contributed by atoms with Crippen molar-refractivity contribution in [1.29, 1.82) is 0 Å². The maximum absolute atomic E-state index is 12.2. The molecule has 1 saturated heterocycles. The molecule has 1 fully saturated rings. The van der Waals surface area contributed by atoms with E-state index in [-0.39, 0.29) is 5.91 Å². The number of rotatable bonds is 7. The molecule has 0 aromatic heterocycles. The van der Waals surface area contributed by atoms with Gasteiger partial charge in [0, 0.05) is 13.0 Å². The van der Waals surface area contributed by atoms with Gasteiger partial charge in [-0.05, 0) is 25.2 Å². The lowest BCUT2D eigenvalue weighted by Gasteiger charge is -2.24. The van der Waals surface area contributed by atoms with E-state index in [4.69, 9.17) is 5.11 Å². The van der Waals surface area contributed by atoms with Gasteiger partial charge in [0.2, 0.25) is 5.91 Å². The van der Waals surface area contributed by atoms with Gasteiger partial charge in [0.15, 0.2) is 0 Å². The van der Waals surface area contributed by atoms with Crippen molar-refractivity contribution in [3.8, 4) is 0 Å². The van der Waals surface area contributed by atoms with Crippen molar-refractivity contribution in [2.45, 2.75) is 64.8 Å². The Labute approximate surface area is 109 Å². The Bertz CT molecular complexity index is 291. The van der Waals surface area contributed by atoms with Gasteiger partial charge in [-0.25, -0.2) is 4.79 Å². The maximum Gasteiger partial charge on any atom is 0.326 e. The van der Waals surface area contributed by atoms with Crippen molar-refractivity contribution in [2.24, 2.45) is 5.92 Å². The van der Waals surface area contributed by atoms with Gasteiger partial charge in [0.1, 0.15) is 6.04 Å². The monoisotopic (exact) mass is 255 g/mol. The van der Waals surface area contributed by atoms with Crippen molar-refractivity contribution in [3.05, 3.63) is 0 Å². The first-order chi connectivity index (χ1) is 8.60. The molecule has 0 aliphatic carbocycles. The van der Waals surface area contributed by atoms with E-state index < -0.39 is 12.0 Å². The minimum absolute atomic E-state index is 0.0304. The van der Waals surface area contributed by atoms with Crippen LogP contribution < -0.4 is 0 Å². The number of carbonyl (C=O) groups excluding carboxylic acids is 1. The first kappa shape index (κ1) is 15.0. The molecular weight excluding hydrogens is 230 g/mol. The van der Waals surface area contributed by atoms with Crippen LogP contribution in [0.2, 0.25) is 0 Å².